The average Bonchev–Trinajstić information content (AvgIpc) is 2.64. The highest BCUT2D eigenvalue weighted by molar-refractivity contribution is 9.10. The molecule has 3 aromatic rings. The van der Waals surface area contributed by atoms with Crippen molar-refractivity contribution in [3.05, 3.63) is 72.2 Å². The lowest BCUT2D eigenvalue weighted by molar-refractivity contribution is -0.145. The third-order valence-corrected chi connectivity index (χ3v) is 5.11. The van der Waals surface area contributed by atoms with Gasteiger partial charge in [0.1, 0.15) is 5.58 Å². The quantitative estimate of drug-likeness (QED) is 0.641. The van der Waals surface area contributed by atoms with Crippen molar-refractivity contribution in [2.45, 2.75) is 25.7 Å². The predicted octanol–water partition coefficient (Wildman–Crippen LogP) is 3.22. The molecule has 146 valence electrons. The van der Waals surface area contributed by atoms with Crippen LogP contribution in [0.3, 0.4) is 0 Å². The van der Waals surface area contributed by atoms with Crippen molar-refractivity contribution in [2.75, 3.05) is 6.54 Å². The van der Waals surface area contributed by atoms with Crippen LogP contribution in [0.2, 0.25) is 0 Å². The number of hydrogen-bond donors (Lipinski definition) is 1. The summed E-state index contributed by atoms with van der Waals surface area (Å²) >= 11 is 3.32. The van der Waals surface area contributed by atoms with E-state index in [2.05, 4.69) is 20.9 Å². The van der Waals surface area contributed by atoms with Gasteiger partial charge in [-0.25, -0.2) is 4.98 Å². The lowest BCUT2D eigenvalue weighted by Crippen LogP contribution is -2.37. The molecule has 4 rings (SSSR count). The first-order chi connectivity index (χ1) is 13.2. The van der Waals surface area contributed by atoms with Crippen LogP contribution in [0.4, 0.5) is 13.2 Å². The van der Waals surface area contributed by atoms with Crippen molar-refractivity contribution < 1.29 is 17.6 Å². The van der Waals surface area contributed by atoms with Crippen molar-refractivity contribution in [2.24, 2.45) is 0 Å². The highest BCUT2D eigenvalue weighted by Gasteiger charge is 2.36. The lowest BCUT2D eigenvalue weighted by atomic mass is 10.1. The van der Waals surface area contributed by atoms with Gasteiger partial charge in [0.2, 0.25) is 5.82 Å². The van der Waals surface area contributed by atoms with Crippen LogP contribution in [0.25, 0.3) is 11.0 Å². The van der Waals surface area contributed by atoms with E-state index in [0.29, 0.717) is 23.1 Å². The molecule has 0 bridgehead atoms. The van der Waals surface area contributed by atoms with Gasteiger partial charge in [-0.3, -0.25) is 14.5 Å². The molecule has 0 aliphatic carbocycles. The normalized spacial score (nSPS) is 15.0. The molecular weight excluding hydrogens is 443 g/mol. The maximum Gasteiger partial charge on any atom is 0.449 e. The van der Waals surface area contributed by atoms with Crippen LogP contribution in [-0.4, -0.2) is 21.4 Å². The summed E-state index contributed by atoms with van der Waals surface area (Å²) < 4.78 is 44.7. The topological polar surface area (TPSA) is 79.2 Å². The number of fused-ring (bicyclic) bond motifs is 2. The summed E-state index contributed by atoms with van der Waals surface area (Å²) in [4.78, 5) is 32.0. The van der Waals surface area contributed by atoms with Gasteiger partial charge in [-0.15, -0.1) is 0 Å². The monoisotopic (exact) mass is 455 g/mol. The van der Waals surface area contributed by atoms with E-state index in [0.717, 1.165) is 4.47 Å². The zero-order valence-electron chi connectivity index (χ0n) is 14.3. The number of rotatable bonds is 2. The van der Waals surface area contributed by atoms with Crippen molar-refractivity contribution in [3.8, 4) is 0 Å². The molecule has 0 saturated heterocycles. The molecule has 28 heavy (non-hydrogen) atoms. The molecule has 0 saturated carbocycles. The number of nitrogens with zero attached hydrogens (tertiary/aromatic N) is 2. The van der Waals surface area contributed by atoms with Gasteiger partial charge in [-0.1, -0.05) is 15.9 Å². The van der Waals surface area contributed by atoms with Crippen LogP contribution >= 0.6 is 15.9 Å². The number of hydrogen-bond acceptors (Lipinski definition) is 5. The molecule has 1 N–H and O–H groups in total. The second-order valence-electron chi connectivity index (χ2n) is 6.53. The first kappa shape index (κ1) is 18.9. The highest BCUT2D eigenvalue weighted by atomic mass is 79.9. The summed E-state index contributed by atoms with van der Waals surface area (Å²) in [6, 6.07) is 5.12. The number of aromatic nitrogens is 2. The largest absolute Gasteiger partial charge is 0.464 e. The summed E-state index contributed by atoms with van der Waals surface area (Å²) in [5.41, 5.74) is 0.199. The second kappa shape index (κ2) is 6.85. The van der Waals surface area contributed by atoms with Crippen LogP contribution in [0.15, 0.2) is 42.9 Å². The third kappa shape index (κ3) is 3.49. The maximum absolute atomic E-state index is 12.8. The van der Waals surface area contributed by atoms with Gasteiger partial charge in [0.25, 0.3) is 5.56 Å². The van der Waals surface area contributed by atoms with Gasteiger partial charge in [0, 0.05) is 36.1 Å². The van der Waals surface area contributed by atoms with Crippen LogP contribution < -0.4 is 11.0 Å². The van der Waals surface area contributed by atoms with E-state index in [1.165, 1.54) is 6.26 Å². The van der Waals surface area contributed by atoms with E-state index in [4.69, 9.17) is 4.42 Å². The molecule has 3 heterocycles. The predicted molar refractivity (Wildman–Crippen MR) is 97.9 cm³/mol. The van der Waals surface area contributed by atoms with Gasteiger partial charge in [-0.2, -0.15) is 13.2 Å². The number of H-pyrrole nitrogens is 1. The zero-order valence-corrected chi connectivity index (χ0v) is 15.9. The summed E-state index contributed by atoms with van der Waals surface area (Å²) in [7, 11) is 0. The van der Waals surface area contributed by atoms with Crippen LogP contribution in [0.5, 0.6) is 0 Å². The Balaban J connectivity index is 1.62. The van der Waals surface area contributed by atoms with Gasteiger partial charge < -0.3 is 9.40 Å². The van der Waals surface area contributed by atoms with Crippen LogP contribution in [0, 0.1) is 0 Å². The van der Waals surface area contributed by atoms with E-state index in [9.17, 15) is 22.8 Å². The molecule has 0 fully saturated rings. The molecule has 1 aliphatic rings. The first-order valence-electron chi connectivity index (χ1n) is 8.34. The molecule has 0 spiro atoms. The van der Waals surface area contributed by atoms with Crippen molar-refractivity contribution in [1.29, 1.82) is 0 Å². The SMILES string of the molecule is O=c1[nH]c(C(F)(F)F)nc2c1CN(Cc1coc3ccc(Br)cc3c1=O)CC2. The van der Waals surface area contributed by atoms with Crippen molar-refractivity contribution >= 4 is 26.9 Å². The minimum absolute atomic E-state index is 0.103. The van der Waals surface area contributed by atoms with E-state index in [1.807, 2.05) is 4.90 Å². The fourth-order valence-corrected chi connectivity index (χ4v) is 3.60. The summed E-state index contributed by atoms with van der Waals surface area (Å²) in [6.45, 7) is 0.688. The minimum Gasteiger partial charge on any atom is -0.464 e. The van der Waals surface area contributed by atoms with E-state index >= 15 is 0 Å². The molecule has 0 amide bonds. The van der Waals surface area contributed by atoms with Gasteiger partial charge >= 0.3 is 6.18 Å². The van der Waals surface area contributed by atoms with Crippen LogP contribution in [0.1, 0.15) is 22.6 Å². The summed E-state index contributed by atoms with van der Waals surface area (Å²) in [5, 5.41) is 0.429. The van der Waals surface area contributed by atoms with Crippen molar-refractivity contribution in [1.82, 2.24) is 14.9 Å². The Morgan fingerprint density at radius 1 is 1.29 bits per heavy atom. The van der Waals surface area contributed by atoms with Gasteiger partial charge in [-0.05, 0) is 18.2 Å². The summed E-state index contributed by atoms with van der Waals surface area (Å²) in [5.74, 6) is -1.29. The van der Waals surface area contributed by atoms with Crippen LogP contribution in [-0.2, 0) is 25.7 Å². The van der Waals surface area contributed by atoms with E-state index in [-0.39, 0.29) is 36.2 Å². The second-order valence-corrected chi connectivity index (χ2v) is 7.44. The third-order valence-electron chi connectivity index (χ3n) is 4.62. The smallest absolute Gasteiger partial charge is 0.449 e. The maximum atomic E-state index is 12.8. The number of halogens is 4. The lowest BCUT2D eigenvalue weighted by Gasteiger charge is -2.27. The molecule has 0 unspecified atom stereocenters. The Bertz CT molecular complexity index is 1190. The molecule has 0 atom stereocenters. The Labute approximate surface area is 164 Å². The van der Waals surface area contributed by atoms with Crippen molar-refractivity contribution in [3.63, 3.8) is 0 Å². The average molecular weight is 456 g/mol. The molecule has 1 aliphatic heterocycles. The number of nitrogens with one attached hydrogen (secondary N) is 1. The van der Waals surface area contributed by atoms with E-state index < -0.39 is 17.6 Å². The standard InChI is InChI=1S/C18H13BrF3N3O3/c19-10-1-2-14-11(5-10)15(26)9(8-28-14)6-25-4-3-13-12(7-25)16(27)24-17(23-13)18(20,21)22/h1-2,5,8H,3-4,6-7H2,(H,23,24,27). The Kier molecular flexibility index (Phi) is 4.62. The zero-order chi connectivity index (χ0) is 20.1. The fraction of sp³-hybridized carbons (Fsp3) is 0.278. The molecule has 6 nitrogen and oxygen atoms in total. The number of alkyl halides is 3. The molecular formula is C18H13BrF3N3O3. The number of benzene rings is 1. The fourth-order valence-electron chi connectivity index (χ4n) is 3.24. The Hall–Kier alpha value is -2.46. The Morgan fingerprint density at radius 2 is 2.07 bits per heavy atom. The Morgan fingerprint density at radius 3 is 2.82 bits per heavy atom. The minimum atomic E-state index is -4.70. The summed E-state index contributed by atoms with van der Waals surface area (Å²) in [6.07, 6.45) is -3.14. The van der Waals surface area contributed by atoms with E-state index in [1.54, 1.807) is 23.2 Å². The molecule has 2 aromatic heterocycles. The highest BCUT2D eigenvalue weighted by Crippen LogP contribution is 2.27. The number of aromatic amines is 1. The molecule has 10 heteroatoms. The van der Waals surface area contributed by atoms with Gasteiger partial charge in [0.15, 0.2) is 5.43 Å². The first-order valence-corrected chi connectivity index (χ1v) is 9.13. The molecule has 1 aromatic carbocycles. The van der Waals surface area contributed by atoms with Gasteiger partial charge in [0.05, 0.1) is 22.9 Å². The molecule has 0 radical (unpaired) electrons.